The highest BCUT2D eigenvalue weighted by Crippen LogP contribution is 2.16. The van der Waals surface area contributed by atoms with Crippen molar-refractivity contribution in [2.75, 3.05) is 11.9 Å². The largest absolute Gasteiger partial charge is 0.494 e. The van der Waals surface area contributed by atoms with Gasteiger partial charge in [-0.2, -0.15) is 0 Å². The molecule has 0 spiro atoms. The topological polar surface area (TPSA) is 34.1 Å². The first-order valence-corrected chi connectivity index (χ1v) is 6.23. The Balaban J connectivity index is 1.99. The summed E-state index contributed by atoms with van der Waals surface area (Å²) < 4.78 is 5.46. The second kappa shape index (κ2) is 6.26. The molecule has 0 unspecified atom stereocenters. The third-order valence-corrected chi connectivity index (χ3v) is 2.64. The van der Waals surface area contributed by atoms with Crippen molar-refractivity contribution in [1.82, 2.24) is 4.98 Å². The molecule has 0 aliphatic rings. The van der Waals surface area contributed by atoms with Gasteiger partial charge in [0.1, 0.15) is 10.9 Å². The molecule has 0 atom stereocenters. The molecule has 0 radical (unpaired) electrons. The van der Waals surface area contributed by atoms with E-state index in [1.165, 1.54) is 0 Å². The second-order valence-electron chi connectivity index (χ2n) is 3.80. The standard InChI is InChI=1S/C14H15ClN2O/c1-2-18-13-5-3-4-11(8-13)10-17-12-6-7-16-14(15)9-12/h3-9H,2,10H2,1H3,(H,16,17). The Bertz CT molecular complexity index is 517. The van der Waals surface area contributed by atoms with Gasteiger partial charge in [-0.3, -0.25) is 0 Å². The van der Waals surface area contributed by atoms with E-state index in [0.29, 0.717) is 11.8 Å². The molecule has 4 heteroatoms. The highest BCUT2D eigenvalue weighted by atomic mass is 35.5. The zero-order valence-corrected chi connectivity index (χ0v) is 10.9. The minimum atomic E-state index is 0.489. The maximum absolute atomic E-state index is 5.82. The van der Waals surface area contributed by atoms with E-state index in [1.807, 2.05) is 31.2 Å². The van der Waals surface area contributed by atoms with E-state index in [1.54, 1.807) is 12.3 Å². The molecule has 0 saturated heterocycles. The van der Waals surface area contributed by atoms with Crippen molar-refractivity contribution >= 4 is 17.3 Å². The van der Waals surface area contributed by atoms with Gasteiger partial charge in [0.15, 0.2) is 0 Å². The number of anilines is 1. The number of ether oxygens (including phenoxy) is 1. The molecule has 94 valence electrons. The van der Waals surface area contributed by atoms with Crippen molar-refractivity contribution in [3.05, 3.63) is 53.3 Å². The van der Waals surface area contributed by atoms with E-state index >= 15 is 0 Å². The summed E-state index contributed by atoms with van der Waals surface area (Å²) in [5.74, 6) is 0.893. The third kappa shape index (κ3) is 3.64. The summed E-state index contributed by atoms with van der Waals surface area (Å²) in [6, 6.07) is 11.7. The number of pyridine rings is 1. The van der Waals surface area contributed by atoms with Crippen LogP contribution in [0.15, 0.2) is 42.6 Å². The summed E-state index contributed by atoms with van der Waals surface area (Å²) in [5, 5.41) is 3.78. The Labute approximate surface area is 112 Å². The molecule has 1 aromatic heterocycles. The van der Waals surface area contributed by atoms with E-state index in [0.717, 1.165) is 23.5 Å². The lowest BCUT2D eigenvalue weighted by Crippen LogP contribution is -2.00. The van der Waals surface area contributed by atoms with Crippen LogP contribution in [0.1, 0.15) is 12.5 Å². The molecule has 0 aliphatic heterocycles. The molecule has 1 aromatic carbocycles. The van der Waals surface area contributed by atoms with Crippen molar-refractivity contribution in [1.29, 1.82) is 0 Å². The molecule has 0 aliphatic carbocycles. The molecular weight excluding hydrogens is 248 g/mol. The number of aromatic nitrogens is 1. The van der Waals surface area contributed by atoms with Gasteiger partial charge >= 0.3 is 0 Å². The molecule has 2 aromatic rings. The Morgan fingerprint density at radius 3 is 2.94 bits per heavy atom. The summed E-state index contributed by atoms with van der Waals surface area (Å²) in [4.78, 5) is 3.94. The van der Waals surface area contributed by atoms with Crippen LogP contribution in [-0.2, 0) is 6.54 Å². The second-order valence-corrected chi connectivity index (χ2v) is 4.19. The lowest BCUT2D eigenvalue weighted by Gasteiger charge is -2.08. The Morgan fingerprint density at radius 1 is 1.28 bits per heavy atom. The monoisotopic (exact) mass is 262 g/mol. The molecule has 3 nitrogen and oxygen atoms in total. The molecule has 1 N–H and O–H groups in total. The summed E-state index contributed by atoms with van der Waals surface area (Å²) in [6.45, 7) is 3.38. The van der Waals surface area contributed by atoms with Gasteiger partial charge in [0.2, 0.25) is 0 Å². The van der Waals surface area contributed by atoms with E-state index in [-0.39, 0.29) is 0 Å². The van der Waals surface area contributed by atoms with Gasteiger partial charge in [-0.15, -0.1) is 0 Å². The average Bonchev–Trinajstić information content (AvgIpc) is 2.37. The first kappa shape index (κ1) is 12.7. The highest BCUT2D eigenvalue weighted by molar-refractivity contribution is 6.29. The number of nitrogens with zero attached hydrogens (tertiary/aromatic N) is 1. The first-order valence-electron chi connectivity index (χ1n) is 5.85. The van der Waals surface area contributed by atoms with Crippen LogP contribution in [-0.4, -0.2) is 11.6 Å². The van der Waals surface area contributed by atoms with Gasteiger partial charge in [-0.1, -0.05) is 23.7 Å². The number of rotatable bonds is 5. The maximum atomic E-state index is 5.82. The van der Waals surface area contributed by atoms with E-state index < -0.39 is 0 Å². The van der Waals surface area contributed by atoms with E-state index in [2.05, 4.69) is 16.4 Å². The van der Waals surface area contributed by atoms with Crippen LogP contribution < -0.4 is 10.1 Å². The van der Waals surface area contributed by atoms with Gasteiger partial charge in [-0.25, -0.2) is 4.98 Å². The summed E-state index contributed by atoms with van der Waals surface area (Å²) in [7, 11) is 0. The smallest absolute Gasteiger partial charge is 0.131 e. The van der Waals surface area contributed by atoms with Crippen LogP contribution in [0.4, 0.5) is 5.69 Å². The Kier molecular flexibility index (Phi) is 4.42. The fourth-order valence-electron chi connectivity index (χ4n) is 1.63. The van der Waals surface area contributed by atoms with Crippen molar-refractivity contribution in [2.45, 2.75) is 13.5 Å². The predicted molar refractivity (Wildman–Crippen MR) is 74.2 cm³/mol. The van der Waals surface area contributed by atoms with Crippen LogP contribution in [0.25, 0.3) is 0 Å². The molecule has 1 heterocycles. The number of hydrogen-bond acceptors (Lipinski definition) is 3. The minimum Gasteiger partial charge on any atom is -0.494 e. The molecule has 0 saturated carbocycles. The third-order valence-electron chi connectivity index (χ3n) is 2.43. The van der Waals surface area contributed by atoms with E-state index in [4.69, 9.17) is 16.3 Å². The van der Waals surface area contributed by atoms with E-state index in [9.17, 15) is 0 Å². The molecule has 0 amide bonds. The molecule has 0 fully saturated rings. The fourth-order valence-corrected chi connectivity index (χ4v) is 1.80. The van der Waals surface area contributed by atoms with Crippen molar-refractivity contribution in [3.63, 3.8) is 0 Å². The van der Waals surface area contributed by atoms with Gasteiger partial charge in [0.05, 0.1) is 6.61 Å². The zero-order chi connectivity index (χ0) is 12.8. The summed E-state index contributed by atoms with van der Waals surface area (Å²) >= 11 is 5.82. The molecule has 0 bridgehead atoms. The van der Waals surface area contributed by atoms with Gasteiger partial charge in [0, 0.05) is 18.4 Å². The Hall–Kier alpha value is -1.74. The van der Waals surface area contributed by atoms with Gasteiger partial charge < -0.3 is 10.1 Å². The van der Waals surface area contributed by atoms with Crippen LogP contribution in [0.3, 0.4) is 0 Å². The highest BCUT2D eigenvalue weighted by Gasteiger charge is 1.98. The summed E-state index contributed by atoms with van der Waals surface area (Å²) in [5.41, 5.74) is 2.12. The van der Waals surface area contributed by atoms with Gasteiger partial charge in [0.25, 0.3) is 0 Å². The first-order chi connectivity index (χ1) is 8.78. The normalized spacial score (nSPS) is 10.1. The fraction of sp³-hybridized carbons (Fsp3) is 0.214. The molecular formula is C14H15ClN2O. The average molecular weight is 263 g/mol. The lowest BCUT2D eigenvalue weighted by atomic mass is 10.2. The van der Waals surface area contributed by atoms with Crippen LogP contribution >= 0.6 is 11.6 Å². The van der Waals surface area contributed by atoms with Crippen molar-refractivity contribution < 1.29 is 4.74 Å². The number of hydrogen-bond donors (Lipinski definition) is 1. The molecule has 18 heavy (non-hydrogen) atoms. The lowest BCUT2D eigenvalue weighted by molar-refractivity contribution is 0.340. The van der Waals surface area contributed by atoms with Crippen molar-refractivity contribution in [3.8, 4) is 5.75 Å². The van der Waals surface area contributed by atoms with Crippen LogP contribution in [0.2, 0.25) is 5.15 Å². The zero-order valence-electron chi connectivity index (χ0n) is 10.2. The van der Waals surface area contributed by atoms with Gasteiger partial charge in [-0.05, 0) is 36.8 Å². The SMILES string of the molecule is CCOc1cccc(CNc2ccnc(Cl)c2)c1. The number of benzene rings is 1. The van der Waals surface area contributed by atoms with Crippen LogP contribution in [0.5, 0.6) is 5.75 Å². The maximum Gasteiger partial charge on any atom is 0.131 e. The summed E-state index contributed by atoms with van der Waals surface area (Å²) in [6.07, 6.45) is 1.68. The predicted octanol–water partition coefficient (Wildman–Crippen LogP) is 3.75. The van der Waals surface area contributed by atoms with Crippen LogP contribution in [0, 0.1) is 0 Å². The Morgan fingerprint density at radius 2 is 2.17 bits per heavy atom. The number of halogens is 1. The molecule has 2 rings (SSSR count). The minimum absolute atomic E-state index is 0.489. The number of nitrogens with one attached hydrogen (secondary N) is 1. The quantitative estimate of drug-likeness (QED) is 0.834. The van der Waals surface area contributed by atoms with Crippen molar-refractivity contribution in [2.24, 2.45) is 0 Å².